The zero-order chi connectivity index (χ0) is 13.0. The predicted molar refractivity (Wildman–Crippen MR) is 73.3 cm³/mol. The molecule has 1 aliphatic rings. The van der Waals surface area contributed by atoms with Gasteiger partial charge < -0.3 is 10.2 Å². The molecule has 1 N–H and O–H groups in total. The Hall–Kier alpha value is -1.35. The van der Waals surface area contributed by atoms with Gasteiger partial charge >= 0.3 is 0 Å². The molecule has 18 heavy (non-hydrogen) atoms. The van der Waals surface area contributed by atoms with Crippen molar-refractivity contribution in [1.82, 2.24) is 10.2 Å². The van der Waals surface area contributed by atoms with Gasteiger partial charge in [-0.1, -0.05) is 31.2 Å². The van der Waals surface area contributed by atoms with Crippen molar-refractivity contribution in [2.45, 2.75) is 39.3 Å². The van der Waals surface area contributed by atoms with Crippen LogP contribution in [0.25, 0.3) is 0 Å². The molecule has 1 aromatic rings. The van der Waals surface area contributed by atoms with Crippen molar-refractivity contribution < 1.29 is 4.79 Å². The average molecular weight is 246 g/mol. The highest BCUT2D eigenvalue weighted by Gasteiger charge is 2.19. The van der Waals surface area contributed by atoms with Gasteiger partial charge in [-0.3, -0.25) is 4.79 Å². The van der Waals surface area contributed by atoms with E-state index >= 15 is 0 Å². The third kappa shape index (κ3) is 3.10. The van der Waals surface area contributed by atoms with Gasteiger partial charge in [0.2, 0.25) is 5.91 Å². The van der Waals surface area contributed by atoms with Crippen molar-refractivity contribution in [2.75, 3.05) is 13.1 Å². The first-order valence-electron chi connectivity index (χ1n) is 6.78. The Balaban J connectivity index is 1.90. The molecule has 0 aromatic heterocycles. The van der Waals surface area contributed by atoms with E-state index in [9.17, 15) is 4.79 Å². The maximum Gasteiger partial charge on any atom is 0.236 e. The van der Waals surface area contributed by atoms with Gasteiger partial charge in [0.15, 0.2) is 0 Å². The molecule has 1 atom stereocenters. The van der Waals surface area contributed by atoms with E-state index in [1.54, 1.807) is 0 Å². The van der Waals surface area contributed by atoms with Gasteiger partial charge in [0, 0.05) is 19.1 Å². The molecule has 3 nitrogen and oxygen atoms in total. The zero-order valence-electron chi connectivity index (χ0n) is 11.3. The van der Waals surface area contributed by atoms with E-state index in [0.717, 1.165) is 25.9 Å². The molecule has 0 spiro atoms. The van der Waals surface area contributed by atoms with Gasteiger partial charge in [0.1, 0.15) is 0 Å². The highest BCUT2D eigenvalue weighted by Crippen LogP contribution is 2.18. The molecule has 3 heteroatoms. The van der Waals surface area contributed by atoms with Gasteiger partial charge in [-0.2, -0.15) is 0 Å². The molecule has 0 saturated carbocycles. The van der Waals surface area contributed by atoms with Crippen LogP contribution in [-0.4, -0.2) is 29.9 Å². The molecule has 1 unspecified atom stereocenters. The minimum atomic E-state index is 0.213. The van der Waals surface area contributed by atoms with E-state index in [2.05, 4.69) is 37.4 Å². The van der Waals surface area contributed by atoms with Crippen LogP contribution in [0.1, 0.15) is 31.4 Å². The summed E-state index contributed by atoms with van der Waals surface area (Å²) in [4.78, 5) is 14.0. The van der Waals surface area contributed by atoms with Crippen LogP contribution < -0.4 is 5.32 Å². The third-order valence-corrected chi connectivity index (χ3v) is 3.70. The zero-order valence-corrected chi connectivity index (χ0v) is 11.3. The van der Waals surface area contributed by atoms with Crippen LogP contribution in [0.4, 0.5) is 0 Å². The summed E-state index contributed by atoms with van der Waals surface area (Å²) in [6, 6.07) is 8.81. The number of nitrogens with zero attached hydrogens (tertiary/aromatic N) is 1. The maximum atomic E-state index is 12.1. The van der Waals surface area contributed by atoms with Crippen molar-refractivity contribution >= 4 is 5.91 Å². The number of amides is 1. The number of hydrogen-bond donors (Lipinski definition) is 1. The van der Waals surface area contributed by atoms with Gasteiger partial charge in [-0.25, -0.2) is 0 Å². The number of nitrogens with one attached hydrogen (secondary N) is 1. The molecule has 1 amide bonds. The molecule has 1 aromatic carbocycles. The lowest BCUT2D eigenvalue weighted by Gasteiger charge is -2.29. The molecule has 0 aliphatic carbocycles. The smallest absolute Gasteiger partial charge is 0.236 e. The van der Waals surface area contributed by atoms with Gasteiger partial charge in [0.25, 0.3) is 0 Å². The SMILES string of the molecule is CCC(C)NCC(=O)N1CCc2ccccc2C1. The summed E-state index contributed by atoms with van der Waals surface area (Å²) in [5.74, 6) is 0.213. The number of carbonyl (C=O) groups is 1. The molecule has 0 fully saturated rings. The van der Waals surface area contributed by atoms with Crippen LogP contribution in [0.2, 0.25) is 0 Å². The first kappa shape index (κ1) is 13.1. The summed E-state index contributed by atoms with van der Waals surface area (Å²) < 4.78 is 0. The minimum Gasteiger partial charge on any atom is -0.337 e. The molecular formula is C15H22N2O. The van der Waals surface area contributed by atoms with Crippen molar-refractivity contribution in [3.8, 4) is 0 Å². The van der Waals surface area contributed by atoms with Crippen molar-refractivity contribution in [2.24, 2.45) is 0 Å². The number of benzene rings is 1. The van der Waals surface area contributed by atoms with Crippen LogP contribution >= 0.6 is 0 Å². The van der Waals surface area contributed by atoms with E-state index in [4.69, 9.17) is 0 Å². The monoisotopic (exact) mass is 246 g/mol. The maximum absolute atomic E-state index is 12.1. The fourth-order valence-corrected chi connectivity index (χ4v) is 2.23. The molecule has 0 radical (unpaired) electrons. The normalized spacial score (nSPS) is 16.2. The lowest BCUT2D eigenvalue weighted by molar-refractivity contribution is -0.131. The van der Waals surface area contributed by atoms with Crippen LogP contribution in [0, 0.1) is 0 Å². The third-order valence-electron chi connectivity index (χ3n) is 3.70. The van der Waals surface area contributed by atoms with Gasteiger partial charge in [0.05, 0.1) is 6.54 Å². The van der Waals surface area contributed by atoms with Crippen molar-refractivity contribution in [3.05, 3.63) is 35.4 Å². The fraction of sp³-hybridized carbons (Fsp3) is 0.533. The van der Waals surface area contributed by atoms with Crippen LogP contribution in [0.15, 0.2) is 24.3 Å². The summed E-state index contributed by atoms with van der Waals surface area (Å²) >= 11 is 0. The van der Waals surface area contributed by atoms with E-state index in [1.165, 1.54) is 11.1 Å². The summed E-state index contributed by atoms with van der Waals surface area (Å²) in [5.41, 5.74) is 2.68. The second-order valence-corrected chi connectivity index (χ2v) is 5.02. The summed E-state index contributed by atoms with van der Waals surface area (Å²) in [5, 5.41) is 3.26. The van der Waals surface area contributed by atoms with E-state index in [0.29, 0.717) is 12.6 Å². The Bertz CT molecular complexity index is 417. The summed E-state index contributed by atoms with van der Waals surface area (Å²) in [6.07, 6.45) is 2.03. The molecule has 0 saturated heterocycles. The molecule has 1 aliphatic heterocycles. The number of carbonyl (C=O) groups excluding carboxylic acids is 1. The van der Waals surface area contributed by atoms with Crippen LogP contribution in [0.5, 0.6) is 0 Å². The van der Waals surface area contributed by atoms with Gasteiger partial charge in [-0.15, -0.1) is 0 Å². The average Bonchev–Trinajstić information content (AvgIpc) is 2.43. The molecule has 98 valence electrons. The van der Waals surface area contributed by atoms with E-state index in [1.807, 2.05) is 11.0 Å². The Morgan fingerprint density at radius 2 is 2.11 bits per heavy atom. The molecule has 1 heterocycles. The largest absolute Gasteiger partial charge is 0.337 e. The Morgan fingerprint density at radius 1 is 1.39 bits per heavy atom. The highest BCUT2D eigenvalue weighted by atomic mass is 16.2. The van der Waals surface area contributed by atoms with E-state index in [-0.39, 0.29) is 5.91 Å². The lowest BCUT2D eigenvalue weighted by Crippen LogP contribution is -2.43. The topological polar surface area (TPSA) is 32.3 Å². The van der Waals surface area contributed by atoms with Crippen LogP contribution in [0.3, 0.4) is 0 Å². The molecule has 2 rings (SSSR count). The van der Waals surface area contributed by atoms with Crippen LogP contribution in [-0.2, 0) is 17.8 Å². The number of fused-ring (bicyclic) bond motifs is 1. The van der Waals surface area contributed by atoms with Crippen molar-refractivity contribution in [1.29, 1.82) is 0 Å². The first-order valence-corrected chi connectivity index (χ1v) is 6.78. The van der Waals surface area contributed by atoms with Gasteiger partial charge in [-0.05, 0) is 30.9 Å². The molecular weight excluding hydrogens is 224 g/mol. The Labute approximate surface area is 109 Å². The number of hydrogen-bond acceptors (Lipinski definition) is 2. The second kappa shape index (κ2) is 6.01. The highest BCUT2D eigenvalue weighted by molar-refractivity contribution is 5.78. The second-order valence-electron chi connectivity index (χ2n) is 5.02. The van der Waals surface area contributed by atoms with E-state index < -0.39 is 0 Å². The summed E-state index contributed by atoms with van der Waals surface area (Å²) in [7, 11) is 0. The Morgan fingerprint density at radius 3 is 2.83 bits per heavy atom. The fourth-order valence-electron chi connectivity index (χ4n) is 2.23. The molecule has 0 bridgehead atoms. The Kier molecular flexibility index (Phi) is 4.37. The lowest BCUT2D eigenvalue weighted by atomic mass is 10.00. The summed E-state index contributed by atoms with van der Waals surface area (Å²) in [6.45, 7) is 6.30. The quantitative estimate of drug-likeness (QED) is 0.881. The predicted octanol–water partition coefficient (Wildman–Crippen LogP) is 1.96. The minimum absolute atomic E-state index is 0.213. The van der Waals surface area contributed by atoms with Crippen molar-refractivity contribution in [3.63, 3.8) is 0 Å². The standard InChI is InChI=1S/C15H22N2O/c1-3-12(2)16-10-15(18)17-9-8-13-6-4-5-7-14(13)11-17/h4-7,12,16H,3,8-11H2,1-2H3. The first-order chi connectivity index (χ1) is 8.70. The number of rotatable bonds is 4.